The van der Waals surface area contributed by atoms with Gasteiger partial charge >= 0.3 is 12.1 Å². The molecule has 0 saturated carbocycles. The van der Waals surface area contributed by atoms with Gasteiger partial charge in [-0.2, -0.15) is 0 Å². The molecule has 1 N–H and O–H groups in total. The fraction of sp³-hybridized carbons (Fsp3) is 0.654. The minimum absolute atomic E-state index is 0.0803. The minimum Gasteiger partial charge on any atom is -0.444 e. The van der Waals surface area contributed by atoms with Crippen LogP contribution in [0.1, 0.15) is 60.8 Å². The van der Waals surface area contributed by atoms with Gasteiger partial charge in [-0.3, -0.25) is 9.69 Å². The smallest absolute Gasteiger partial charge is 0.410 e. The normalized spacial score (nSPS) is 17.3. The molecule has 1 aromatic carbocycles. The number of anilines is 2. The second kappa shape index (κ2) is 10.2. The molecule has 0 spiro atoms. The molecule has 188 valence electrons. The molecule has 3 rings (SSSR count). The molecule has 1 fully saturated rings. The minimum atomic E-state index is -0.500. The van der Waals surface area contributed by atoms with Crippen molar-refractivity contribution in [3.63, 3.8) is 0 Å². The average molecular weight is 473 g/mol. The van der Waals surface area contributed by atoms with E-state index in [1.54, 1.807) is 14.7 Å². The monoisotopic (exact) mass is 472 g/mol. The Balaban J connectivity index is 1.55. The number of likely N-dealkylation sites (tertiary alicyclic amines) is 1. The van der Waals surface area contributed by atoms with Crippen LogP contribution in [-0.2, 0) is 9.53 Å². The predicted molar refractivity (Wildman–Crippen MR) is 134 cm³/mol. The number of carbonyl (C=O) groups excluding carboxylic acids is 3. The SMILES string of the molecule is CC(C)(C)CC(=O)N1CCN(C(=O)NCC2CCN(C(=O)OC(C)(C)C)CC2)c2ccccc21. The first kappa shape index (κ1) is 25.8. The number of rotatable bonds is 3. The summed E-state index contributed by atoms with van der Waals surface area (Å²) in [5.74, 6) is 0.393. The number of fused-ring (bicyclic) bond motifs is 1. The second-order valence-electron chi connectivity index (χ2n) is 11.5. The molecule has 34 heavy (non-hydrogen) atoms. The van der Waals surface area contributed by atoms with Crippen LogP contribution in [0.4, 0.5) is 21.0 Å². The molecule has 4 amide bonds. The second-order valence-corrected chi connectivity index (χ2v) is 11.5. The number of amides is 4. The third-order valence-corrected chi connectivity index (χ3v) is 6.05. The lowest BCUT2D eigenvalue weighted by Gasteiger charge is -2.38. The van der Waals surface area contributed by atoms with E-state index in [4.69, 9.17) is 4.74 Å². The lowest BCUT2D eigenvalue weighted by Crippen LogP contribution is -2.51. The lowest BCUT2D eigenvalue weighted by molar-refractivity contribution is -0.120. The molecule has 0 aliphatic carbocycles. The predicted octanol–water partition coefficient (Wildman–Crippen LogP) is 4.63. The Hall–Kier alpha value is -2.77. The van der Waals surface area contributed by atoms with Crippen LogP contribution in [0.3, 0.4) is 0 Å². The molecular formula is C26H40N4O4. The first-order valence-corrected chi connectivity index (χ1v) is 12.3. The Bertz CT molecular complexity index is 895. The third kappa shape index (κ3) is 6.87. The van der Waals surface area contributed by atoms with Crippen LogP contribution >= 0.6 is 0 Å². The number of benzene rings is 1. The summed E-state index contributed by atoms with van der Waals surface area (Å²) < 4.78 is 5.46. The highest BCUT2D eigenvalue weighted by molar-refractivity contribution is 6.03. The molecule has 0 unspecified atom stereocenters. The van der Waals surface area contributed by atoms with Crippen molar-refractivity contribution in [2.75, 3.05) is 42.5 Å². The van der Waals surface area contributed by atoms with Gasteiger partial charge in [0.25, 0.3) is 0 Å². The van der Waals surface area contributed by atoms with E-state index in [1.165, 1.54) is 0 Å². The summed E-state index contributed by atoms with van der Waals surface area (Å²) in [6.45, 7) is 14.5. The molecule has 0 radical (unpaired) electrons. The Morgan fingerprint density at radius 2 is 1.47 bits per heavy atom. The van der Waals surface area contributed by atoms with Gasteiger partial charge in [0, 0.05) is 39.1 Å². The molecule has 8 heteroatoms. The Morgan fingerprint density at radius 3 is 2.03 bits per heavy atom. The largest absolute Gasteiger partial charge is 0.444 e. The van der Waals surface area contributed by atoms with E-state index in [9.17, 15) is 14.4 Å². The summed E-state index contributed by atoms with van der Waals surface area (Å²) in [6.07, 6.45) is 1.83. The number of hydrogen-bond acceptors (Lipinski definition) is 4. The van der Waals surface area contributed by atoms with Crippen LogP contribution < -0.4 is 15.1 Å². The van der Waals surface area contributed by atoms with E-state index >= 15 is 0 Å². The number of hydrogen-bond donors (Lipinski definition) is 1. The highest BCUT2D eigenvalue weighted by Gasteiger charge is 2.32. The molecule has 0 bridgehead atoms. The summed E-state index contributed by atoms with van der Waals surface area (Å²) in [5.41, 5.74) is 0.941. The fourth-order valence-corrected chi connectivity index (χ4v) is 4.35. The molecule has 2 heterocycles. The molecule has 1 saturated heterocycles. The zero-order valence-corrected chi connectivity index (χ0v) is 21.5. The fourth-order valence-electron chi connectivity index (χ4n) is 4.35. The lowest BCUT2D eigenvalue weighted by atomic mass is 9.91. The van der Waals surface area contributed by atoms with Gasteiger partial charge in [-0.25, -0.2) is 9.59 Å². The van der Waals surface area contributed by atoms with E-state index < -0.39 is 5.60 Å². The molecule has 1 aromatic rings. The summed E-state index contributed by atoms with van der Waals surface area (Å²) in [7, 11) is 0. The molecule has 8 nitrogen and oxygen atoms in total. The number of ether oxygens (including phenoxy) is 1. The summed E-state index contributed by atoms with van der Waals surface area (Å²) in [6, 6.07) is 7.44. The summed E-state index contributed by atoms with van der Waals surface area (Å²) in [4.78, 5) is 43.5. The van der Waals surface area contributed by atoms with Gasteiger partial charge in [-0.05, 0) is 57.1 Å². The maximum atomic E-state index is 13.1. The molecule has 2 aliphatic rings. The number of piperidine rings is 1. The Labute approximate surface area is 203 Å². The van der Waals surface area contributed by atoms with Gasteiger partial charge in [0.2, 0.25) is 5.91 Å². The van der Waals surface area contributed by atoms with Crippen LogP contribution in [-0.4, -0.2) is 61.3 Å². The van der Waals surface area contributed by atoms with E-state index in [1.807, 2.05) is 45.0 Å². The number of para-hydroxylation sites is 2. The summed E-state index contributed by atoms with van der Waals surface area (Å²) >= 11 is 0. The van der Waals surface area contributed by atoms with Crippen LogP contribution in [0.15, 0.2) is 24.3 Å². The Kier molecular flexibility index (Phi) is 7.78. The number of carbonyl (C=O) groups is 3. The van der Waals surface area contributed by atoms with Crippen molar-refractivity contribution < 1.29 is 19.1 Å². The van der Waals surface area contributed by atoms with Crippen molar-refractivity contribution in [1.29, 1.82) is 0 Å². The van der Waals surface area contributed by atoms with Crippen molar-refractivity contribution in [2.24, 2.45) is 11.3 Å². The average Bonchev–Trinajstić information content (AvgIpc) is 2.74. The highest BCUT2D eigenvalue weighted by atomic mass is 16.6. The van der Waals surface area contributed by atoms with E-state index in [0.717, 1.165) is 24.2 Å². The van der Waals surface area contributed by atoms with E-state index in [0.29, 0.717) is 45.1 Å². The van der Waals surface area contributed by atoms with Crippen LogP contribution in [0, 0.1) is 11.3 Å². The van der Waals surface area contributed by atoms with Gasteiger partial charge in [0.05, 0.1) is 11.4 Å². The topological polar surface area (TPSA) is 82.2 Å². The van der Waals surface area contributed by atoms with Gasteiger partial charge in [-0.15, -0.1) is 0 Å². The molecule has 0 atom stereocenters. The first-order valence-electron chi connectivity index (χ1n) is 12.3. The Morgan fingerprint density at radius 1 is 0.912 bits per heavy atom. The number of nitrogens with zero attached hydrogens (tertiary/aromatic N) is 3. The van der Waals surface area contributed by atoms with Crippen molar-refractivity contribution in [3.05, 3.63) is 24.3 Å². The number of urea groups is 1. The van der Waals surface area contributed by atoms with Crippen molar-refractivity contribution in [2.45, 2.75) is 66.4 Å². The van der Waals surface area contributed by atoms with Crippen LogP contribution in [0.2, 0.25) is 0 Å². The zero-order valence-electron chi connectivity index (χ0n) is 21.5. The van der Waals surface area contributed by atoms with E-state index in [-0.39, 0.29) is 23.4 Å². The van der Waals surface area contributed by atoms with Gasteiger partial charge in [0.1, 0.15) is 5.60 Å². The number of nitrogens with one attached hydrogen (secondary N) is 1. The van der Waals surface area contributed by atoms with Crippen molar-refractivity contribution in [3.8, 4) is 0 Å². The van der Waals surface area contributed by atoms with Gasteiger partial charge in [0.15, 0.2) is 0 Å². The van der Waals surface area contributed by atoms with Crippen LogP contribution in [0.25, 0.3) is 0 Å². The quantitative estimate of drug-likeness (QED) is 0.695. The molecule has 2 aliphatic heterocycles. The van der Waals surface area contributed by atoms with Crippen molar-refractivity contribution in [1.82, 2.24) is 10.2 Å². The van der Waals surface area contributed by atoms with Crippen LogP contribution in [0.5, 0.6) is 0 Å². The third-order valence-electron chi connectivity index (χ3n) is 6.05. The summed E-state index contributed by atoms with van der Waals surface area (Å²) in [5, 5.41) is 3.08. The standard InChI is InChI=1S/C26H40N4O4/c1-25(2,3)17-22(31)29-15-16-30(21-10-8-7-9-20(21)29)23(32)27-18-19-11-13-28(14-12-19)24(33)34-26(4,5)6/h7-10,19H,11-18H2,1-6H3,(H,27,32). The van der Waals surface area contributed by atoms with E-state index in [2.05, 4.69) is 26.1 Å². The maximum Gasteiger partial charge on any atom is 0.410 e. The first-order chi connectivity index (χ1) is 15.8. The zero-order chi connectivity index (χ0) is 25.1. The maximum absolute atomic E-state index is 13.1. The van der Waals surface area contributed by atoms with Gasteiger partial charge in [-0.1, -0.05) is 32.9 Å². The molecule has 0 aromatic heterocycles. The highest BCUT2D eigenvalue weighted by Crippen LogP contribution is 2.34. The molecular weight excluding hydrogens is 432 g/mol. The van der Waals surface area contributed by atoms with Gasteiger partial charge < -0.3 is 19.9 Å². The van der Waals surface area contributed by atoms with Crippen molar-refractivity contribution >= 4 is 29.4 Å².